The van der Waals surface area contributed by atoms with Crippen LogP contribution in [0, 0.1) is 27.7 Å². The van der Waals surface area contributed by atoms with E-state index in [4.69, 9.17) is 19.2 Å². The lowest BCUT2D eigenvalue weighted by Crippen LogP contribution is -2.28. The van der Waals surface area contributed by atoms with Crippen molar-refractivity contribution in [2.45, 2.75) is 96.7 Å². The van der Waals surface area contributed by atoms with Crippen molar-refractivity contribution in [3.05, 3.63) is 140 Å². The highest BCUT2D eigenvalue weighted by atomic mass is 127. The average Bonchev–Trinajstić information content (AvgIpc) is 4.18. The van der Waals surface area contributed by atoms with Crippen LogP contribution in [0.1, 0.15) is 70.2 Å². The third-order valence-electron chi connectivity index (χ3n) is 12.7. The normalized spacial score (nSPS) is 15.5. The van der Waals surface area contributed by atoms with Gasteiger partial charge in [-0.15, -0.1) is 21.8 Å². The highest BCUT2D eigenvalue weighted by Crippen LogP contribution is 2.51. The number of nitrogens with one attached hydrogen (secondary N) is 3. The second kappa shape index (κ2) is 18.8. The zero-order valence-electron chi connectivity index (χ0n) is 38.9. The fourth-order valence-corrected chi connectivity index (χ4v) is 8.45. The number of carbonyl (C=O) groups excluding carboxylic acids is 2. The van der Waals surface area contributed by atoms with Gasteiger partial charge in [0.25, 0.3) is 5.56 Å². The Morgan fingerprint density at radius 2 is 1.18 bits per heavy atom. The number of aromatic amines is 1. The Balaban J connectivity index is 0.000000163. The first-order valence-corrected chi connectivity index (χ1v) is 29.1. The van der Waals surface area contributed by atoms with Crippen LogP contribution in [0.15, 0.2) is 90.0 Å². The van der Waals surface area contributed by atoms with E-state index in [-0.39, 0.29) is 17.4 Å². The second-order valence-corrected chi connectivity index (χ2v) is 32.4. The van der Waals surface area contributed by atoms with Crippen LogP contribution in [0.5, 0.6) is 17.4 Å². The van der Waals surface area contributed by atoms with Crippen molar-refractivity contribution >= 4 is 50.8 Å². The van der Waals surface area contributed by atoms with Gasteiger partial charge in [0.15, 0.2) is 0 Å². The number of rotatable bonds is 9. The summed E-state index contributed by atoms with van der Waals surface area (Å²) in [7, 11) is 1.60. The molecular weight excluding hydrogens is 960 g/mol. The molecule has 0 bridgehead atoms. The molecule has 2 aliphatic heterocycles. The first kappa shape index (κ1) is 46.6. The molecule has 66 heavy (non-hydrogen) atoms. The van der Waals surface area contributed by atoms with Gasteiger partial charge in [0.2, 0.25) is 17.7 Å². The van der Waals surface area contributed by atoms with Crippen molar-refractivity contribution in [2.75, 3.05) is 31.0 Å². The maximum Gasteiger partial charge on any atom is 0.257 e. The lowest BCUT2D eigenvalue weighted by atomic mass is 9.92. The molecule has 12 nitrogen and oxygen atoms in total. The molecule has 3 N–H and O–H groups in total. The molecule has 0 spiro atoms. The number of amides is 2. The van der Waals surface area contributed by atoms with Crippen LogP contribution in [-0.2, 0) is 33.3 Å². The predicted octanol–water partition coefficient (Wildman–Crippen LogP) is 10.3. The number of pyridine rings is 4. The van der Waals surface area contributed by atoms with Gasteiger partial charge in [-0.2, -0.15) is 0 Å². The van der Waals surface area contributed by atoms with Crippen LogP contribution in [0.3, 0.4) is 0 Å². The van der Waals surface area contributed by atoms with E-state index < -0.39 is 16.4 Å². The summed E-state index contributed by atoms with van der Waals surface area (Å²) in [6, 6.07) is 23.3. The number of aryl methyl sites for hydroxylation is 2. The van der Waals surface area contributed by atoms with Crippen molar-refractivity contribution in [2.24, 2.45) is 0 Å². The fraction of sp³-hybridized carbons (Fsp3) is 0.346. The predicted molar refractivity (Wildman–Crippen MR) is 271 cm³/mol. The van der Waals surface area contributed by atoms with Crippen LogP contribution in [-0.4, -0.2) is 57.6 Å². The minimum Gasteiger partial charge on any atom is -0.493 e. The van der Waals surface area contributed by atoms with Gasteiger partial charge in [-0.25, -0.2) is 15.0 Å². The molecule has 0 atom stereocenters. The summed E-state index contributed by atoms with van der Waals surface area (Å²) in [6.45, 7) is 16.3. The minimum atomic E-state index is -0.641. The summed E-state index contributed by atoms with van der Waals surface area (Å²) in [5, 5.41) is 6.10. The standard InChI is InChI=1S/C25H25N3O3.C24H23N3O3.C3H9ISi/c1-15-13-21(27-22(16(15)2)19-5-4-11-26-23(19)30-3)28-24(29)25(9-10-25)18-6-7-20-17(14-18)8-12-31-20;1-14-12-20(26-21(15(14)2)18-4-3-10-25-22(18)28)27-23(29)24(8-9-24)17-5-6-19-16(13-17)7-11-30-19;1-5(2,3)4/h4-7,11,13-14H,8-10,12H2,1-3H3,(H,27,28,29);3-6,10,12-13H,7-9,11H2,1-2H3,(H,25,28)(H,26,27,29);1-3H3. The van der Waals surface area contributed by atoms with E-state index in [0.717, 1.165) is 94.7 Å². The molecule has 2 amide bonds. The number of aromatic nitrogens is 4. The Kier molecular flexibility index (Phi) is 13.3. The molecule has 2 saturated carbocycles. The van der Waals surface area contributed by atoms with Crippen molar-refractivity contribution in [3.8, 4) is 39.9 Å². The average molecular weight is 1020 g/mol. The van der Waals surface area contributed by atoms with Gasteiger partial charge in [0.1, 0.15) is 28.7 Å². The van der Waals surface area contributed by atoms with E-state index in [0.29, 0.717) is 42.0 Å². The summed E-state index contributed by atoms with van der Waals surface area (Å²) in [5.41, 5.74) is 9.24. The van der Waals surface area contributed by atoms with Crippen LogP contribution in [0.2, 0.25) is 19.6 Å². The monoisotopic (exact) mass is 1020 g/mol. The van der Waals surface area contributed by atoms with Crippen LogP contribution < -0.4 is 30.4 Å². The molecule has 2 aromatic carbocycles. The number of H-pyrrole nitrogens is 1. The van der Waals surface area contributed by atoms with E-state index in [9.17, 15) is 14.4 Å². The maximum atomic E-state index is 13.3. The first-order valence-electron chi connectivity index (χ1n) is 22.5. The van der Waals surface area contributed by atoms with Crippen molar-refractivity contribution in [1.29, 1.82) is 0 Å². The molecular formula is C52H57IN6O6Si. The molecule has 6 aromatic rings. The molecule has 4 aliphatic rings. The zero-order chi connectivity index (χ0) is 47.0. The van der Waals surface area contributed by atoms with E-state index >= 15 is 0 Å². The molecule has 0 radical (unpaired) electrons. The zero-order valence-corrected chi connectivity index (χ0v) is 42.1. The molecule has 2 aliphatic carbocycles. The van der Waals surface area contributed by atoms with Crippen molar-refractivity contribution in [1.82, 2.24) is 19.9 Å². The summed E-state index contributed by atoms with van der Waals surface area (Å²) in [6.07, 6.45) is 8.37. The van der Waals surface area contributed by atoms with Gasteiger partial charge in [-0.1, -0.05) is 43.9 Å². The Bertz CT molecular complexity index is 2900. The molecule has 0 saturated heterocycles. The van der Waals surface area contributed by atoms with Gasteiger partial charge in [-0.3, -0.25) is 14.4 Å². The van der Waals surface area contributed by atoms with E-state index in [1.807, 2.05) is 76.2 Å². The molecule has 6 heterocycles. The molecule has 2 fully saturated rings. The lowest BCUT2D eigenvalue weighted by Gasteiger charge is -2.18. The summed E-state index contributed by atoms with van der Waals surface area (Å²) in [5.74, 6) is 3.33. The van der Waals surface area contributed by atoms with Crippen molar-refractivity contribution < 1.29 is 23.8 Å². The van der Waals surface area contributed by atoms with Gasteiger partial charge in [0, 0.05) is 25.2 Å². The quantitative estimate of drug-likeness (QED) is 0.0729. The largest absolute Gasteiger partial charge is 0.493 e. The molecule has 0 unspecified atom stereocenters. The van der Waals surface area contributed by atoms with E-state index in [1.54, 1.807) is 31.6 Å². The molecule has 10 rings (SSSR count). The van der Waals surface area contributed by atoms with Gasteiger partial charge >= 0.3 is 0 Å². The number of ether oxygens (including phenoxy) is 3. The van der Waals surface area contributed by atoms with E-state index in [1.165, 1.54) is 11.1 Å². The summed E-state index contributed by atoms with van der Waals surface area (Å²) >= 11 is 2.52. The maximum absolute atomic E-state index is 13.3. The smallest absolute Gasteiger partial charge is 0.257 e. The first-order chi connectivity index (χ1) is 31.5. The number of nitrogens with zero attached hydrogens (tertiary/aromatic N) is 3. The highest BCUT2D eigenvalue weighted by Gasteiger charge is 2.52. The van der Waals surface area contributed by atoms with Crippen LogP contribution in [0.4, 0.5) is 11.6 Å². The van der Waals surface area contributed by atoms with Crippen LogP contribution in [0.25, 0.3) is 22.5 Å². The number of halogens is 1. The third-order valence-corrected chi connectivity index (χ3v) is 12.7. The summed E-state index contributed by atoms with van der Waals surface area (Å²) in [4.78, 5) is 55.3. The Labute approximate surface area is 400 Å². The van der Waals surface area contributed by atoms with E-state index in [2.05, 4.69) is 79.2 Å². The number of methoxy groups -OCH3 is 1. The summed E-state index contributed by atoms with van der Waals surface area (Å²) < 4.78 is 16.6. The minimum absolute atomic E-state index is 0.00813. The lowest BCUT2D eigenvalue weighted by molar-refractivity contribution is -0.119. The number of fused-ring (bicyclic) bond motifs is 2. The Morgan fingerprint density at radius 1 is 0.712 bits per heavy atom. The fourth-order valence-electron chi connectivity index (χ4n) is 8.45. The number of anilines is 2. The highest BCUT2D eigenvalue weighted by molar-refractivity contribution is 14.1. The molecule has 4 aromatic heterocycles. The Morgan fingerprint density at radius 3 is 1.64 bits per heavy atom. The SMILES string of the molecule is COc1ncccc1-c1nc(NC(=O)C2(c3ccc4c(c3)CCO4)CC2)cc(C)c1C.C[Si](C)(C)I.Cc1cc(NC(=O)C2(c3ccc4c(c3)CCO4)CC2)nc(-c2ccc[nH]c2=O)c1C. The van der Waals surface area contributed by atoms with Gasteiger partial charge in [-0.05, 0) is 146 Å². The topological polar surface area (TPSA) is 157 Å². The Hall–Kier alpha value is -5.87. The van der Waals surface area contributed by atoms with Crippen LogP contribution >= 0.6 is 21.8 Å². The number of carbonyl (C=O) groups is 2. The number of hydrogen-bond donors (Lipinski definition) is 3. The van der Waals surface area contributed by atoms with Gasteiger partial charge in [0.05, 0.1) is 53.7 Å². The number of benzene rings is 2. The second-order valence-electron chi connectivity index (χ2n) is 18.6. The van der Waals surface area contributed by atoms with Gasteiger partial charge < -0.3 is 29.8 Å². The molecule has 14 heteroatoms. The third kappa shape index (κ3) is 9.94. The van der Waals surface area contributed by atoms with Crippen molar-refractivity contribution in [3.63, 3.8) is 0 Å². The molecule has 342 valence electrons. The number of hydrogen-bond acceptors (Lipinski definition) is 9.